The molecule has 2 aliphatic rings. The molecule has 0 bridgehead atoms. The van der Waals surface area contributed by atoms with E-state index in [-0.39, 0.29) is 17.6 Å². The van der Waals surface area contributed by atoms with Gasteiger partial charge >= 0.3 is 0 Å². The lowest BCUT2D eigenvalue weighted by Crippen LogP contribution is -2.40. The first kappa shape index (κ1) is 12.8. The van der Waals surface area contributed by atoms with Crippen LogP contribution >= 0.6 is 0 Å². The minimum atomic E-state index is -0.544. The van der Waals surface area contributed by atoms with Gasteiger partial charge in [-0.05, 0) is 38.3 Å². The first-order valence-corrected chi connectivity index (χ1v) is 6.42. The van der Waals surface area contributed by atoms with Gasteiger partial charge in [-0.15, -0.1) is 0 Å². The molecule has 0 amide bonds. The van der Waals surface area contributed by atoms with Gasteiger partial charge in [0.05, 0.1) is 11.5 Å². The van der Waals surface area contributed by atoms with E-state index in [0.29, 0.717) is 6.42 Å². The second-order valence-electron chi connectivity index (χ2n) is 5.67. The lowest BCUT2D eigenvalue weighted by Gasteiger charge is -2.44. The van der Waals surface area contributed by atoms with E-state index >= 15 is 0 Å². The number of hydrogen-bond acceptors (Lipinski definition) is 2. The Kier molecular flexibility index (Phi) is 3.02. The third-order valence-corrected chi connectivity index (χ3v) is 4.35. The molecule has 0 fully saturated rings. The molecule has 0 unspecified atom stereocenters. The molecule has 0 aliphatic heterocycles. The average molecular weight is 241 g/mol. The van der Waals surface area contributed by atoms with E-state index in [1.54, 1.807) is 6.08 Å². The van der Waals surface area contributed by atoms with E-state index in [9.17, 15) is 10.1 Å². The van der Waals surface area contributed by atoms with E-state index < -0.39 is 5.41 Å². The van der Waals surface area contributed by atoms with Crippen molar-refractivity contribution in [2.45, 2.75) is 33.6 Å². The van der Waals surface area contributed by atoms with Crippen molar-refractivity contribution >= 4 is 5.78 Å². The molecule has 0 N–H and O–H groups in total. The zero-order valence-electron chi connectivity index (χ0n) is 11.3. The number of allylic oxidation sites excluding steroid dienone is 5. The number of fused-ring (bicyclic) bond motifs is 1. The summed E-state index contributed by atoms with van der Waals surface area (Å²) in [5.41, 5.74) is 2.49. The highest BCUT2D eigenvalue weighted by Crippen LogP contribution is 2.53. The fraction of sp³-hybridized carbons (Fsp3) is 0.500. The summed E-state index contributed by atoms with van der Waals surface area (Å²) in [6.07, 6.45) is 5.30. The maximum atomic E-state index is 11.9. The largest absolute Gasteiger partial charge is 0.295 e. The molecule has 0 aromatic rings. The molecule has 0 aromatic carbocycles. The van der Waals surface area contributed by atoms with Gasteiger partial charge in [-0.2, -0.15) is 5.26 Å². The molecular weight excluding hydrogens is 222 g/mol. The van der Waals surface area contributed by atoms with Crippen LogP contribution < -0.4 is 0 Å². The molecule has 0 saturated heterocycles. The maximum absolute atomic E-state index is 11.9. The lowest BCUT2D eigenvalue weighted by atomic mass is 9.56. The number of nitriles is 1. The molecule has 18 heavy (non-hydrogen) atoms. The maximum Gasteiger partial charge on any atom is 0.158 e. The molecule has 0 radical (unpaired) electrons. The third kappa shape index (κ3) is 1.66. The highest BCUT2D eigenvalue weighted by Gasteiger charge is 2.49. The fourth-order valence-electron chi connectivity index (χ4n) is 3.31. The molecule has 0 saturated carbocycles. The fourth-order valence-corrected chi connectivity index (χ4v) is 3.31. The monoisotopic (exact) mass is 241 g/mol. The van der Waals surface area contributed by atoms with E-state index in [1.807, 2.05) is 20.8 Å². The normalized spacial score (nSPS) is 35.1. The molecular formula is C16H19NO. The molecule has 0 aromatic heterocycles. The van der Waals surface area contributed by atoms with E-state index in [4.69, 9.17) is 0 Å². The number of rotatable bonds is 1. The number of hydrogen-bond donors (Lipinski definition) is 0. The zero-order valence-corrected chi connectivity index (χ0v) is 11.3. The van der Waals surface area contributed by atoms with Crippen LogP contribution in [0, 0.1) is 28.6 Å². The van der Waals surface area contributed by atoms with Crippen molar-refractivity contribution in [3.8, 4) is 6.07 Å². The highest BCUT2D eigenvalue weighted by molar-refractivity contribution is 5.94. The van der Waals surface area contributed by atoms with Crippen LogP contribution in [0.3, 0.4) is 0 Å². The molecule has 2 nitrogen and oxygen atoms in total. The van der Waals surface area contributed by atoms with Crippen molar-refractivity contribution in [2.75, 3.05) is 0 Å². The van der Waals surface area contributed by atoms with E-state index in [1.165, 1.54) is 0 Å². The molecule has 3 atom stereocenters. The summed E-state index contributed by atoms with van der Waals surface area (Å²) in [4.78, 5) is 11.9. The van der Waals surface area contributed by atoms with Crippen LogP contribution in [0.4, 0.5) is 0 Å². The van der Waals surface area contributed by atoms with Crippen molar-refractivity contribution in [1.82, 2.24) is 0 Å². The van der Waals surface area contributed by atoms with Gasteiger partial charge in [-0.25, -0.2) is 0 Å². The van der Waals surface area contributed by atoms with Crippen molar-refractivity contribution < 1.29 is 4.79 Å². The van der Waals surface area contributed by atoms with Crippen LogP contribution in [-0.2, 0) is 4.79 Å². The van der Waals surface area contributed by atoms with Crippen LogP contribution in [0.5, 0.6) is 0 Å². The summed E-state index contributed by atoms with van der Waals surface area (Å²) in [6, 6.07) is 2.51. The van der Waals surface area contributed by atoms with Gasteiger partial charge in [0.15, 0.2) is 5.78 Å². The second-order valence-corrected chi connectivity index (χ2v) is 5.67. The van der Waals surface area contributed by atoms with Crippen molar-refractivity contribution in [1.29, 1.82) is 5.26 Å². The van der Waals surface area contributed by atoms with Crippen molar-refractivity contribution in [3.63, 3.8) is 0 Å². The van der Waals surface area contributed by atoms with Crippen molar-refractivity contribution in [3.05, 3.63) is 35.5 Å². The van der Waals surface area contributed by atoms with Gasteiger partial charge in [-0.3, -0.25) is 4.79 Å². The predicted molar refractivity (Wildman–Crippen MR) is 71.6 cm³/mol. The summed E-state index contributed by atoms with van der Waals surface area (Å²) in [7, 11) is 0. The number of carbonyl (C=O) groups excluding carboxylic acids is 1. The Morgan fingerprint density at radius 1 is 1.61 bits per heavy atom. The first-order valence-electron chi connectivity index (χ1n) is 6.42. The van der Waals surface area contributed by atoms with Gasteiger partial charge in [0.1, 0.15) is 0 Å². The standard InChI is InChI=1S/C16H19NO/c1-10(2)13-6-5-11(3)14-7-15(18)12(4)8-16(13,14)9-17/h5,7,12-13H,1,6,8H2,2-4H3/t12-,13-,16-/m0/s1. The van der Waals surface area contributed by atoms with Gasteiger partial charge in [0.2, 0.25) is 0 Å². The molecule has 0 heterocycles. The average Bonchev–Trinajstić information content (AvgIpc) is 2.31. The first-order chi connectivity index (χ1) is 8.42. The smallest absolute Gasteiger partial charge is 0.158 e. The number of ketones is 1. The van der Waals surface area contributed by atoms with Crippen LogP contribution in [0.25, 0.3) is 0 Å². The molecule has 2 aliphatic carbocycles. The Balaban J connectivity index is 2.64. The summed E-state index contributed by atoms with van der Waals surface area (Å²) < 4.78 is 0. The van der Waals surface area contributed by atoms with Gasteiger partial charge in [0.25, 0.3) is 0 Å². The van der Waals surface area contributed by atoms with E-state index in [0.717, 1.165) is 23.1 Å². The summed E-state index contributed by atoms with van der Waals surface area (Å²) in [5.74, 6) is 0.208. The van der Waals surface area contributed by atoms with Crippen molar-refractivity contribution in [2.24, 2.45) is 17.3 Å². The molecule has 2 rings (SSSR count). The third-order valence-electron chi connectivity index (χ3n) is 4.35. The van der Waals surface area contributed by atoms with Crippen LogP contribution in [0.15, 0.2) is 35.5 Å². The Labute approximate surface area is 109 Å². The number of carbonyl (C=O) groups is 1. The molecule has 94 valence electrons. The number of nitrogens with zero attached hydrogens (tertiary/aromatic N) is 1. The SMILES string of the molecule is C=C(C)[C@@H]1CC=C(C)C2=CC(=O)[C@@H](C)C[C@@]21C#N. The minimum Gasteiger partial charge on any atom is -0.295 e. The van der Waals surface area contributed by atoms with Crippen LogP contribution in [0.1, 0.15) is 33.6 Å². The predicted octanol–water partition coefficient (Wildman–Crippen LogP) is 3.57. The highest BCUT2D eigenvalue weighted by atomic mass is 16.1. The molecule has 2 heteroatoms. The van der Waals surface area contributed by atoms with E-state index in [2.05, 4.69) is 18.7 Å². The van der Waals surface area contributed by atoms with Gasteiger partial charge < -0.3 is 0 Å². The van der Waals surface area contributed by atoms with Crippen LogP contribution in [-0.4, -0.2) is 5.78 Å². The summed E-state index contributed by atoms with van der Waals surface area (Å²) >= 11 is 0. The Morgan fingerprint density at radius 3 is 2.83 bits per heavy atom. The zero-order chi connectivity index (χ0) is 13.5. The summed E-state index contributed by atoms with van der Waals surface area (Å²) in [6.45, 7) is 9.93. The second kappa shape index (κ2) is 4.24. The minimum absolute atomic E-state index is 0.0684. The van der Waals surface area contributed by atoms with Gasteiger partial charge in [0, 0.05) is 11.8 Å². The topological polar surface area (TPSA) is 40.9 Å². The Morgan fingerprint density at radius 2 is 2.28 bits per heavy atom. The Bertz CT molecular complexity index is 518. The summed E-state index contributed by atoms with van der Waals surface area (Å²) in [5, 5.41) is 9.75. The molecule has 0 spiro atoms. The van der Waals surface area contributed by atoms with Crippen LogP contribution in [0.2, 0.25) is 0 Å². The lowest BCUT2D eigenvalue weighted by molar-refractivity contribution is -0.119. The quantitative estimate of drug-likeness (QED) is 0.658. The Hall–Kier alpha value is -1.62. The van der Waals surface area contributed by atoms with Gasteiger partial charge in [-0.1, -0.05) is 30.7 Å².